The molecule has 0 unspecified atom stereocenters. The Morgan fingerprint density at radius 2 is 1.72 bits per heavy atom. The van der Waals surface area contributed by atoms with E-state index in [0.29, 0.717) is 25.1 Å². The SMILES string of the molecule is CCCCn1c(=O)c(-c2ccccc2)c(O)n2c3c(=O)n(C)c(=O)n(CC(C)C)c3nc12. The lowest BCUT2D eigenvalue weighted by atomic mass is 10.1. The van der Waals surface area contributed by atoms with Gasteiger partial charge in [0, 0.05) is 20.1 Å². The van der Waals surface area contributed by atoms with Crippen LogP contribution in [0.2, 0.25) is 0 Å². The summed E-state index contributed by atoms with van der Waals surface area (Å²) in [6.07, 6.45) is 1.56. The molecular weight excluding hydrogens is 410 g/mol. The van der Waals surface area contributed by atoms with E-state index >= 15 is 0 Å². The first kappa shape index (κ1) is 21.6. The zero-order valence-electron chi connectivity index (χ0n) is 18.7. The minimum Gasteiger partial charge on any atom is -0.494 e. The minimum absolute atomic E-state index is 0.0719. The summed E-state index contributed by atoms with van der Waals surface area (Å²) >= 11 is 0. The van der Waals surface area contributed by atoms with Gasteiger partial charge in [0.15, 0.2) is 11.2 Å². The van der Waals surface area contributed by atoms with Gasteiger partial charge in [0.25, 0.3) is 11.1 Å². The number of aryl methyl sites for hydroxylation is 1. The van der Waals surface area contributed by atoms with Crippen LogP contribution < -0.4 is 16.8 Å². The number of nitrogens with zero attached hydrogens (tertiary/aromatic N) is 5. The maximum atomic E-state index is 13.5. The quantitative estimate of drug-likeness (QED) is 0.499. The van der Waals surface area contributed by atoms with Crippen molar-refractivity contribution in [2.45, 2.75) is 46.7 Å². The second-order valence-corrected chi connectivity index (χ2v) is 8.45. The van der Waals surface area contributed by atoms with Crippen molar-refractivity contribution in [1.82, 2.24) is 23.1 Å². The third-order valence-corrected chi connectivity index (χ3v) is 5.60. The molecule has 4 aromatic rings. The molecule has 0 amide bonds. The van der Waals surface area contributed by atoms with Crippen molar-refractivity contribution in [1.29, 1.82) is 0 Å². The molecule has 3 heterocycles. The Kier molecular flexibility index (Phi) is 5.50. The second kappa shape index (κ2) is 8.14. The number of hydrogen-bond donors (Lipinski definition) is 1. The summed E-state index contributed by atoms with van der Waals surface area (Å²) < 4.78 is 5.25. The molecule has 0 spiro atoms. The van der Waals surface area contributed by atoms with Gasteiger partial charge in [-0.15, -0.1) is 0 Å². The maximum absolute atomic E-state index is 13.5. The molecule has 0 fully saturated rings. The number of unbranched alkanes of at least 4 members (excludes halogenated alkanes) is 1. The number of hydrogen-bond acceptors (Lipinski definition) is 5. The first-order valence-corrected chi connectivity index (χ1v) is 10.8. The summed E-state index contributed by atoms with van der Waals surface area (Å²) in [5.74, 6) is -0.0943. The van der Waals surface area contributed by atoms with Crippen molar-refractivity contribution in [3.63, 3.8) is 0 Å². The molecule has 1 aromatic carbocycles. The average Bonchev–Trinajstić information content (AvgIpc) is 3.16. The van der Waals surface area contributed by atoms with Gasteiger partial charge in [-0.05, 0) is 17.9 Å². The molecule has 9 heteroatoms. The highest BCUT2D eigenvalue weighted by molar-refractivity contribution is 5.79. The average molecular weight is 438 g/mol. The second-order valence-electron chi connectivity index (χ2n) is 8.45. The summed E-state index contributed by atoms with van der Waals surface area (Å²) in [6.45, 7) is 6.65. The molecule has 9 nitrogen and oxygen atoms in total. The zero-order valence-corrected chi connectivity index (χ0v) is 18.7. The van der Waals surface area contributed by atoms with Crippen LogP contribution in [0.25, 0.3) is 28.1 Å². The Morgan fingerprint density at radius 3 is 2.34 bits per heavy atom. The molecule has 4 rings (SSSR count). The van der Waals surface area contributed by atoms with Gasteiger partial charge in [0.2, 0.25) is 11.7 Å². The number of imidazole rings is 1. The van der Waals surface area contributed by atoms with Crippen LogP contribution in [0.4, 0.5) is 0 Å². The standard InChI is InChI=1S/C23H27N5O4/c1-5-6-12-26-19(29)16(15-10-8-7-9-11-15)20(30)28-17-18(24-22(26)28)27(13-14(2)3)23(32)25(4)21(17)31/h7-11,14,30H,5-6,12-13H2,1-4H3. The number of rotatable bonds is 6. The normalized spacial score (nSPS) is 11.8. The van der Waals surface area contributed by atoms with Crippen molar-refractivity contribution in [2.24, 2.45) is 13.0 Å². The van der Waals surface area contributed by atoms with Crippen molar-refractivity contribution in [3.8, 4) is 17.0 Å². The largest absolute Gasteiger partial charge is 0.494 e. The monoisotopic (exact) mass is 437 g/mol. The Balaban J connectivity index is 2.26. The molecule has 0 aliphatic rings. The zero-order chi connectivity index (χ0) is 23.2. The summed E-state index contributed by atoms with van der Waals surface area (Å²) in [6, 6.07) is 8.85. The van der Waals surface area contributed by atoms with Gasteiger partial charge in [-0.1, -0.05) is 57.5 Å². The van der Waals surface area contributed by atoms with Crippen LogP contribution in [-0.2, 0) is 20.1 Å². The van der Waals surface area contributed by atoms with E-state index in [2.05, 4.69) is 4.98 Å². The summed E-state index contributed by atoms with van der Waals surface area (Å²) in [5.41, 5.74) is -0.579. The highest BCUT2D eigenvalue weighted by Gasteiger charge is 2.25. The number of benzene rings is 1. The van der Waals surface area contributed by atoms with Crippen molar-refractivity contribution < 1.29 is 5.11 Å². The van der Waals surface area contributed by atoms with E-state index < -0.39 is 11.2 Å². The molecule has 32 heavy (non-hydrogen) atoms. The fraction of sp³-hybridized carbons (Fsp3) is 0.391. The third-order valence-electron chi connectivity index (χ3n) is 5.60. The van der Waals surface area contributed by atoms with Crippen LogP contribution in [0.15, 0.2) is 44.7 Å². The van der Waals surface area contributed by atoms with Gasteiger partial charge in [-0.3, -0.25) is 23.3 Å². The lowest BCUT2D eigenvalue weighted by molar-refractivity contribution is 0.443. The molecule has 0 saturated carbocycles. The van der Waals surface area contributed by atoms with E-state index in [1.54, 1.807) is 24.3 Å². The van der Waals surface area contributed by atoms with E-state index in [9.17, 15) is 19.5 Å². The number of fused-ring (bicyclic) bond motifs is 3. The Labute approximate surface area is 183 Å². The molecule has 0 aliphatic heterocycles. The van der Waals surface area contributed by atoms with E-state index in [1.807, 2.05) is 26.8 Å². The number of aromatic hydroxyl groups is 1. The number of aromatic nitrogens is 5. The van der Waals surface area contributed by atoms with Crippen LogP contribution >= 0.6 is 0 Å². The van der Waals surface area contributed by atoms with Crippen molar-refractivity contribution in [3.05, 3.63) is 61.5 Å². The molecule has 0 bridgehead atoms. The van der Waals surface area contributed by atoms with E-state index in [4.69, 9.17) is 0 Å². The van der Waals surface area contributed by atoms with E-state index in [-0.39, 0.29) is 39.9 Å². The van der Waals surface area contributed by atoms with Gasteiger partial charge in [-0.25, -0.2) is 9.20 Å². The van der Waals surface area contributed by atoms with Gasteiger partial charge in [0.1, 0.15) is 5.56 Å². The molecule has 168 valence electrons. The summed E-state index contributed by atoms with van der Waals surface area (Å²) in [5, 5.41) is 11.3. The molecule has 1 N–H and O–H groups in total. The van der Waals surface area contributed by atoms with Gasteiger partial charge >= 0.3 is 5.69 Å². The predicted octanol–water partition coefficient (Wildman–Crippen LogP) is 2.34. The lowest BCUT2D eigenvalue weighted by Gasteiger charge is -2.13. The topological polar surface area (TPSA) is 104 Å². The molecule has 0 radical (unpaired) electrons. The van der Waals surface area contributed by atoms with Crippen LogP contribution in [0.3, 0.4) is 0 Å². The van der Waals surface area contributed by atoms with Crippen LogP contribution in [0.1, 0.15) is 33.6 Å². The van der Waals surface area contributed by atoms with Crippen molar-refractivity contribution >= 4 is 16.9 Å². The Bertz CT molecular complexity index is 1490. The fourth-order valence-corrected chi connectivity index (χ4v) is 4.01. The summed E-state index contributed by atoms with van der Waals surface area (Å²) in [7, 11) is 1.41. The van der Waals surface area contributed by atoms with E-state index in [1.165, 1.54) is 20.6 Å². The van der Waals surface area contributed by atoms with Gasteiger partial charge in [0.05, 0.1) is 0 Å². The highest BCUT2D eigenvalue weighted by Crippen LogP contribution is 2.29. The Hall–Kier alpha value is -3.62. The molecule has 3 aromatic heterocycles. The minimum atomic E-state index is -0.576. The fourth-order valence-electron chi connectivity index (χ4n) is 4.01. The molecule has 0 aliphatic carbocycles. The summed E-state index contributed by atoms with van der Waals surface area (Å²) in [4.78, 5) is 44.0. The van der Waals surface area contributed by atoms with Crippen LogP contribution in [0.5, 0.6) is 5.88 Å². The van der Waals surface area contributed by atoms with Crippen LogP contribution in [0, 0.1) is 5.92 Å². The van der Waals surface area contributed by atoms with Gasteiger partial charge < -0.3 is 5.11 Å². The van der Waals surface area contributed by atoms with Crippen LogP contribution in [-0.4, -0.2) is 28.2 Å². The molecular formula is C23H27N5O4. The van der Waals surface area contributed by atoms with E-state index in [0.717, 1.165) is 11.0 Å². The van der Waals surface area contributed by atoms with Crippen molar-refractivity contribution in [2.75, 3.05) is 0 Å². The third kappa shape index (κ3) is 3.24. The predicted molar refractivity (Wildman–Crippen MR) is 123 cm³/mol. The molecule has 0 saturated heterocycles. The van der Waals surface area contributed by atoms with Gasteiger partial charge in [-0.2, -0.15) is 4.98 Å². The maximum Gasteiger partial charge on any atom is 0.332 e. The lowest BCUT2D eigenvalue weighted by Crippen LogP contribution is -2.39. The Morgan fingerprint density at radius 1 is 1.03 bits per heavy atom. The highest BCUT2D eigenvalue weighted by atomic mass is 16.3. The first-order valence-electron chi connectivity index (χ1n) is 10.8. The molecule has 0 atom stereocenters. The smallest absolute Gasteiger partial charge is 0.332 e. The first-order chi connectivity index (χ1) is 15.3.